The van der Waals surface area contributed by atoms with Crippen LogP contribution in [0.2, 0.25) is 0 Å². The van der Waals surface area contributed by atoms with Gasteiger partial charge in [0.1, 0.15) is 0 Å². The Morgan fingerprint density at radius 2 is 2.06 bits per heavy atom. The van der Waals surface area contributed by atoms with E-state index in [0.717, 1.165) is 55.1 Å². The van der Waals surface area contributed by atoms with E-state index in [1.165, 1.54) is 26.4 Å². The Labute approximate surface area is 211 Å². The second-order valence-electron chi connectivity index (χ2n) is 9.65. The molecule has 0 saturated carbocycles. The van der Waals surface area contributed by atoms with E-state index in [9.17, 15) is 4.79 Å². The van der Waals surface area contributed by atoms with Gasteiger partial charge in [-0.05, 0) is 61.6 Å². The monoisotopic (exact) mass is 493 g/mol. The molecule has 186 valence electrons. The SMILES string of the molecule is C=C(c1c(C)c(C(=O)OCC)cc2c(C(C)C)c(-c3cc4c(s3)CNCC4)cn12)N1CCOCC1. The van der Waals surface area contributed by atoms with Gasteiger partial charge in [-0.3, -0.25) is 0 Å². The van der Waals surface area contributed by atoms with Crippen LogP contribution in [0.1, 0.15) is 64.3 Å². The molecule has 2 aliphatic heterocycles. The average Bonchev–Trinajstić information content (AvgIpc) is 3.45. The molecule has 1 saturated heterocycles. The highest BCUT2D eigenvalue weighted by Gasteiger charge is 2.27. The van der Waals surface area contributed by atoms with Crippen LogP contribution in [0.25, 0.3) is 21.7 Å². The van der Waals surface area contributed by atoms with Crippen LogP contribution < -0.4 is 5.32 Å². The van der Waals surface area contributed by atoms with Gasteiger partial charge in [0.2, 0.25) is 0 Å². The molecule has 3 aromatic heterocycles. The maximum Gasteiger partial charge on any atom is 0.338 e. The fraction of sp³-hybridized carbons (Fsp3) is 0.464. The molecule has 0 atom stereocenters. The van der Waals surface area contributed by atoms with E-state index < -0.39 is 0 Å². The molecular weight excluding hydrogens is 458 g/mol. The summed E-state index contributed by atoms with van der Waals surface area (Å²) in [4.78, 5) is 18.0. The van der Waals surface area contributed by atoms with Crippen LogP contribution in [0, 0.1) is 6.92 Å². The summed E-state index contributed by atoms with van der Waals surface area (Å²) in [6.07, 6.45) is 3.33. The molecule has 5 rings (SSSR count). The molecule has 0 bridgehead atoms. The summed E-state index contributed by atoms with van der Waals surface area (Å²) >= 11 is 1.88. The number of nitrogens with one attached hydrogen (secondary N) is 1. The first-order valence-corrected chi connectivity index (χ1v) is 13.4. The van der Waals surface area contributed by atoms with Crippen LogP contribution in [-0.4, -0.2) is 54.7 Å². The molecule has 35 heavy (non-hydrogen) atoms. The van der Waals surface area contributed by atoms with Crippen LogP contribution in [0.3, 0.4) is 0 Å². The molecule has 0 unspecified atom stereocenters. The summed E-state index contributed by atoms with van der Waals surface area (Å²) < 4.78 is 13.3. The predicted molar refractivity (Wildman–Crippen MR) is 142 cm³/mol. The van der Waals surface area contributed by atoms with Gasteiger partial charge in [0.25, 0.3) is 0 Å². The van der Waals surface area contributed by atoms with Crippen molar-refractivity contribution in [1.82, 2.24) is 14.6 Å². The molecule has 0 spiro atoms. The average molecular weight is 494 g/mol. The number of thiophene rings is 1. The minimum Gasteiger partial charge on any atom is -0.462 e. The molecule has 0 aliphatic carbocycles. The molecule has 0 radical (unpaired) electrons. The smallest absolute Gasteiger partial charge is 0.338 e. The van der Waals surface area contributed by atoms with Crippen LogP contribution in [-0.2, 0) is 22.4 Å². The van der Waals surface area contributed by atoms with Crippen molar-refractivity contribution in [3.05, 3.63) is 57.7 Å². The quantitative estimate of drug-likeness (QED) is 0.477. The lowest BCUT2D eigenvalue weighted by Crippen LogP contribution is -2.35. The van der Waals surface area contributed by atoms with E-state index in [1.54, 1.807) is 0 Å². The molecule has 2 aliphatic rings. The van der Waals surface area contributed by atoms with Crippen molar-refractivity contribution in [2.75, 3.05) is 39.5 Å². The summed E-state index contributed by atoms with van der Waals surface area (Å²) in [6.45, 7) is 18.1. The van der Waals surface area contributed by atoms with E-state index in [4.69, 9.17) is 9.47 Å². The Morgan fingerprint density at radius 1 is 1.29 bits per heavy atom. The largest absolute Gasteiger partial charge is 0.462 e. The third kappa shape index (κ3) is 4.30. The zero-order valence-corrected chi connectivity index (χ0v) is 22.0. The van der Waals surface area contributed by atoms with Crippen LogP contribution in [0.5, 0.6) is 0 Å². The molecule has 6 nitrogen and oxygen atoms in total. The molecule has 0 amide bonds. The van der Waals surface area contributed by atoms with E-state index in [-0.39, 0.29) is 11.9 Å². The fourth-order valence-corrected chi connectivity index (χ4v) is 6.57. The lowest BCUT2D eigenvalue weighted by atomic mass is 9.96. The standard InChI is InChI=1S/C28H35N3O3S/c1-6-34-28(32)21-14-23-26(17(2)3)22(24-13-20-7-8-29-15-25(20)35-24)16-31(23)27(18(21)4)19(5)30-9-11-33-12-10-30/h13-14,16-17,29H,5-12,15H2,1-4H3. The van der Waals surface area contributed by atoms with Gasteiger partial charge in [0.05, 0.1) is 42.3 Å². The van der Waals surface area contributed by atoms with E-state index in [1.807, 2.05) is 31.3 Å². The number of rotatable bonds is 6. The van der Waals surface area contributed by atoms with Crippen LogP contribution >= 0.6 is 11.3 Å². The maximum atomic E-state index is 13.1. The van der Waals surface area contributed by atoms with E-state index >= 15 is 0 Å². The summed E-state index contributed by atoms with van der Waals surface area (Å²) in [5, 5.41) is 3.50. The van der Waals surface area contributed by atoms with Gasteiger partial charge in [-0.15, -0.1) is 11.3 Å². The Kier molecular flexibility index (Phi) is 6.75. The lowest BCUT2D eigenvalue weighted by Gasteiger charge is -2.32. The minimum absolute atomic E-state index is 0.279. The molecule has 1 N–H and O–H groups in total. The van der Waals surface area contributed by atoms with Crippen LogP contribution in [0.4, 0.5) is 0 Å². The normalized spacial score (nSPS) is 16.1. The van der Waals surface area contributed by atoms with Gasteiger partial charge in [-0.1, -0.05) is 20.4 Å². The highest BCUT2D eigenvalue weighted by molar-refractivity contribution is 7.15. The number of pyridine rings is 1. The second kappa shape index (κ2) is 9.80. The Balaban J connectivity index is 1.75. The zero-order chi connectivity index (χ0) is 24.7. The number of fused-ring (bicyclic) bond motifs is 2. The van der Waals surface area contributed by atoms with Crippen molar-refractivity contribution in [2.24, 2.45) is 0 Å². The van der Waals surface area contributed by atoms with Crippen molar-refractivity contribution in [3.8, 4) is 10.4 Å². The number of aromatic nitrogens is 1. The van der Waals surface area contributed by atoms with Gasteiger partial charge >= 0.3 is 5.97 Å². The first kappa shape index (κ1) is 24.1. The zero-order valence-electron chi connectivity index (χ0n) is 21.2. The van der Waals surface area contributed by atoms with Crippen molar-refractivity contribution in [3.63, 3.8) is 0 Å². The van der Waals surface area contributed by atoms with Gasteiger partial charge in [0, 0.05) is 41.1 Å². The van der Waals surface area contributed by atoms with Crippen molar-refractivity contribution < 1.29 is 14.3 Å². The third-order valence-corrected chi connectivity index (χ3v) is 8.33. The van der Waals surface area contributed by atoms with Gasteiger partial charge < -0.3 is 24.1 Å². The third-order valence-electron chi connectivity index (χ3n) is 7.12. The van der Waals surface area contributed by atoms with Gasteiger partial charge in [-0.25, -0.2) is 4.79 Å². The Morgan fingerprint density at radius 3 is 2.74 bits per heavy atom. The molecular formula is C28H35N3O3S. The number of carbonyl (C=O) groups is 1. The van der Waals surface area contributed by atoms with Crippen molar-refractivity contribution in [1.29, 1.82) is 0 Å². The lowest BCUT2D eigenvalue weighted by molar-refractivity contribution is 0.0525. The summed E-state index contributed by atoms with van der Waals surface area (Å²) in [5.41, 5.74) is 8.43. The topological polar surface area (TPSA) is 55.2 Å². The summed E-state index contributed by atoms with van der Waals surface area (Å²) in [7, 11) is 0. The van der Waals surface area contributed by atoms with E-state index in [2.05, 4.69) is 47.3 Å². The Bertz CT molecular complexity index is 1260. The number of ether oxygens (including phenoxy) is 2. The number of hydrogen-bond donors (Lipinski definition) is 1. The summed E-state index contributed by atoms with van der Waals surface area (Å²) in [5.74, 6) is 0.00755. The highest BCUT2D eigenvalue weighted by Crippen LogP contribution is 2.42. The molecule has 1 fully saturated rings. The predicted octanol–water partition coefficient (Wildman–Crippen LogP) is 5.22. The first-order valence-electron chi connectivity index (χ1n) is 12.6. The maximum absolute atomic E-state index is 13.1. The van der Waals surface area contributed by atoms with Gasteiger partial charge in [-0.2, -0.15) is 0 Å². The molecule has 0 aromatic carbocycles. The minimum atomic E-state index is -0.279. The van der Waals surface area contributed by atoms with Gasteiger partial charge in [0.15, 0.2) is 0 Å². The number of carbonyl (C=O) groups excluding carboxylic acids is 1. The van der Waals surface area contributed by atoms with E-state index in [0.29, 0.717) is 25.4 Å². The number of esters is 1. The van der Waals surface area contributed by atoms with Crippen LogP contribution in [0.15, 0.2) is 24.9 Å². The Hall–Kier alpha value is -2.61. The number of hydrogen-bond acceptors (Lipinski definition) is 6. The fourth-order valence-electron chi connectivity index (χ4n) is 5.37. The van der Waals surface area contributed by atoms with Crippen molar-refractivity contribution in [2.45, 2.75) is 46.6 Å². The summed E-state index contributed by atoms with van der Waals surface area (Å²) in [6, 6.07) is 4.40. The second-order valence-corrected chi connectivity index (χ2v) is 10.8. The molecule has 7 heteroatoms. The first-order chi connectivity index (χ1) is 16.9. The number of morpholine rings is 1. The molecule has 3 aromatic rings. The molecule has 5 heterocycles. The number of nitrogens with zero attached hydrogens (tertiary/aromatic N) is 2. The van der Waals surface area contributed by atoms with Crippen molar-refractivity contribution >= 4 is 28.5 Å². The highest BCUT2D eigenvalue weighted by atomic mass is 32.1.